The van der Waals surface area contributed by atoms with Crippen LogP contribution in [0.5, 0.6) is 0 Å². The van der Waals surface area contributed by atoms with Gasteiger partial charge in [0.05, 0.1) is 0 Å². The molecule has 2 rings (SSSR count). The van der Waals surface area contributed by atoms with Crippen molar-refractivity contribution in [3.05, 3.63) is 12.2 Å². The molecule has 1 aliphatic heterocycles. The number of likely N-dealkylation sites (tertiary alicyclic amines) is 1. The molecule has 1 aromatic heterocycles. The fraction of sp³-hybridized carbons (Fsp3) is 0.750. The molecule has 0 bridgehead atoms. The van der Waals surface area contributed by atoms with Gasteiger partial charge in [0.15, 0.2) is 0 Å². The van der Waals surface area contributed by atoms with Crippen molar-refractivity contribution in [2.24, 2.45) is 5.41 Å². The maximum atomic E-state index is 12.0. The minimum Gasteiger partial charge on any atom is -0.336 e. The average molecular weight is 236 g/mol. The first-order valence-electron chi connectivity index (χ1n) is 6.35. The molecular weight excluding hydrogens is 216 g/mol. The molecule has 0 spiro atoms. The second-order valence-electron chi connectivity index (χ2n) is 4.83. The summed E-state index contributed by atoms with van der Waals surface area (Å²) in [6, 6.07) is 0. The van der Waals surface area contributed by atoms with Crippen molar-refractivity contribution in [1.29, 1.82) is 0 Å². The summed E-state index contributed by atoms with van der Waals surface area (Å²) in [6.07, 6.45) is 5.97. The van der Waals surface area contributed by atoms with Crippen LogP contribution in [-0.4, -0.2) is 39.1 Å². The average Bonchev–Trinajstić information content (AvgIpc) is 2.92. The second-order valence-corrected chi connectivity index (χ2v) is 4.83. The number of nitrogens with one attached hydrogen (secondary N) is 1. The summed E-state index contributed by atoms with van der Waals surface area (Å²) in [5.74, 6) is 0.328. The first-order chi connectivity index (χ1) is 8.21. The van der Waals surface area contributed by atoms with E-state index < -0.39 is 0 Å². The Kier molecular flexibility index (Phi) is 3.45. The Morgan fingerprint density at radius 3 is 2.53 bits per heavy atom. The number of H-pyrrole nitrogens is 1. The molecule has 5 nitrogen and oxygen atoms in total. The summed E-state index contributed by atoms with van der Waals surface area (Å²) in [5.41, 5.74) is 0.443. The molecule has 0 atom stereocenters. The van der Waals surface area contributed by atoms with Gasteiger partial charge < -0.3 is 4.90 Å². The Balaban J connectivity index is 1.97. The van der Waals surface area contributed by atoms with Gasteiger partial charge in [0, 0.05) is 13.1 Å². The first-order valence-corrected chi connectivity index (χ1v) is 6.35. The summed E-state index contributed by atoms with van der Waals surface area (Å²) >= 11 is 0. The van der Waals surface area contributed by atoms with Crippen LogP contribution >= 0.6 is 0 Å². The van der Waals surface area contributed by atoms with Crippen molar-refractivity contribution in [3.63, 3.8) is 0 Å². The number of piperidine rings is 1. The van der Waals surface area contributed by atoms with Gasteiger partial charge in [-0.15, -0.1) is 0 Å². The minimum atomic E-state index is -0.0247. The lowest BCUT2D eigenvalue weighted by molar-refractivity contribution is 0.0547. The van der Waals surface area contributed by atoms with E-state index in [9.17, 15) is 4.79 Å². The molecule has 0 aromatic carbocycles. The van der Waals surface area contributed by atoms with Crippen molar-refractivity contribution < 1.29 is 4.79 Å². The van der Waals surface area contributed by atoms with E-state index in [-0.39, 0.29) is 5.91 Å². The molecule has 17 heavy (non-hydrogen) atoms. The number of aromatic nitrogens is 3. The van der Waals surface area contributed by atoms with Gasteiger partial charge in [0.25, 0.3) is 5.91 Å². The maximum absolute atomic E-state index is 12.0. The van der Waals surface area contributed by atoms with Crippen LogP contribution in [0.2, 0.25) is 0 Å². The monoisotopic (exact) mass is 236 g/mol. The quantitative estimate of drug-likeness (QED) is 0.871. The number of rotatable bonds is 3. The van der Waals surface area contributed by atoms with Crippen molar-refractivity contribution in [1.82, 2.24) is 20.1 Å². The molecule has 0 radical (unpaired) electrons. The van der Waals surface area contributed by atoms with E-state index in [1.165, 1.54) is 19.2 Å². The number of carbonyl (C=O) groups is 1. The van der Waals surface area contributed by atoms with Crippen LogP contribution in [-0.2, 0) is 0 Å². The molecule has 94 valence electrons. The molecule has 1 fully saturated rings. The summed E-state index contributed by atoms with van der Waals surface area (Å²) in [5, 5.41) is 6.35. The fourth-order valence-electron chi connectivity index (χ4n) is 2.60. The third kappa shape index (κ3) is 2.33. The molecule has 1 amide bonds. The van der Waals surface area contributed by atoms with E-state index >= 15 is 0 Å². The number of carbonyl (C=O) groups excluding carboxylic acids is 1. The predicted molar refractivity (Wildman–Crippen MR) is 64.5 cm³/mol. The van der Waals surface area contributed by atoms with Crippen molar-refractivity contribution in [2.45, 2.75) is 39.5 Å². The van der Waals surface area contributed by atoms with Crippen molar-refractivity contribution in [2.75, 3.05) is 13.1 Å². The summed E-state index contributed by atoms with van der Waals surface area (Å²) in [4.78, 5) is 17.8. The SMILES string of the molecule is CCC1(CC)CCN(C(=O)c2ncn[nH]2)CC1. The molecular formula is C12H20N4O. The Morgan fingerprint density at radius 1 is 1.41 bits per heavy atom. The highest BCUT2D eigenvalue weighted by molar-refractivity contribution is 5.90. The van der Waals surface area contributed by atoms with E-state index in [0.717, 1.165) is 25.9 Å². The van der Waals surface area contributed by atoms with Crippen LogP contribution < -0.4 is 0 Å². The highest BCUT2D eigenvalue weighted by Crippen LogP contribution is 2.37. The zero-order chi connectivity index (χ0) is 12.3. The Bertz CT molecular complexity index is 360. The number of amides is 1. The van der Waals surface area contributed by atoms with Gasteiger partial charge in [-0.25, -0.2) is 4.98 Å². The topological polar surface area (TPSA) is 61.9 Å². The highest BCUT2D eigenvalue weighted by atomic mass is 16.2. The molecule has 5 heteroatoms. The van der Waals surface area contributed by atoms with Gasteiger partial charge in [-0.1, -0.05) is 26.7 Å². The molecule has 1 saturated heterocycles. The standard InChI is InChI=1S/C12H20N4O/c1-3-12(4-2)5-7-16(8-6-12)11(17)10-13-9-14-15-10/h9H,3-8H2,1-2H3,(H,13,14,15). The largest absolute Gasteiger partial charge is 0.336 e. The van der Waals surface area contributed by atoms with Gasteiger partial charge >= 0.3 is 0 Å². The third-order valence-corrected chi connectivity index (χ3v) is 4.23. The van der Waals surface area contributed by atoms with Gasteiger partial charge in [0.1, 0.15) is 6.33 Å². The first kappa shape index (κ1) is 12.1. The Labute approximate surface area is 102 Å². The number of nitrogens with zero attached hydrogens (tertiary/aromatic N) is 3. The fourth-order valence-corrected chi connectivity index (χ4v) is 2.60. The summed E-state index contributed by atoms with van der Waals surface area (Å²) < 4.78 is 0. The van der Waals surface area contributed by atoms with Crippen molar-refractivity contribution in [3.8, 4) is 0 Å². The summed E-state index contributed by atoms with van der Waals surface area (Å²) in [6.45, 7) is 6.16. The maximum Gasteiger partial charge on any atom is 0.291 e. The predicted octanol–water partition coefficient (Wildman–Crippen LogP) is 1.85. The van der Waals surface area contributed by atoms with Crippen LogP contribution in [0.25, 0.3) is 0 Å². The molecule has 1 N–H and O–H groups in total. The zero-order valence-electron chi connectivity index (χ0n) is 10.6. The number of hydrogen-bond acceptors (Lipinski definition) is 3. The molecule has 1 aromatic rings. The molecule has 0 aliphatic carbocycles. The van der Waals surface area contributed by atoms with E-state index in [2.05, 4.69) is 29.0 Å². The Hall–Kier alpha value is -1.39. The van der Waals surface area contributed by atoms with E-state index in [1.54, 1.807) is 0 Å². The van der Waals surface area contributed by atoms with E-state index in [0.29, 0.717) is 11.2 Å². The lowest BCUT2D eigenvalue weighted by Crippen LogP contribution is -2.43. The number of hydrogen-bond donors (Lipinski definition) is 1. The van der Waals surface area contributed by atoms with Crippen LogP contribution in [0.15, 0.2) is 6.33 Å². The highest BCUT2D eigenvalue weighted by Gasteiger charge is 2.33. The minimum absolute atomic E-state index is 0.0247. The lowest BCUT2D eigenvalue weighted by atomic mass is 9.74. The summed E-state index contributed by atoms with van der Waals surface area (Å²) in [7, 11) is 0. The smallest absolute Gasteiger partial charge is 0.291 e. The molecule has 2 heterocycles. The van der Waals surface area contributed by atoms with Crippen LogP contribution in [0.1, 0.15) is 50.1 Å². The molecule has 1 aliphatic rings. The molecule has 0 saturated carbocycles. The third-order valence-electron chi connectivity index (χ3n) is 4.23. The lowest BCUT2D eigenvalue weighted by Gasteiger charge is -2.40. The Morgan fingerprint density at radius 2 is 2.06 bits per heavy atom. The zero-order valence-corrected chi connectivity index (χ0v) is 10.6. The normalized spacial score (nSPS) is 19.3. The van der Waals surface area contributed by atoms with E-state index in [4.69, 9.17) is 0 Å². The van der Waals surface area contributed by atoms with Crippen LogP contribution in [0.4, 0.5) is 0 Å². The van der Waals surface area contributed by atoms with Gasteiger partial charge in [-0.05, 0) is 18.3 Å². The second kappa shape index (κ2) is 4.85. The van der Waals surface area contributed by atoms with Gasteiger partial charge in [-0.3, -0.25) is 9.89 Å². The van der Waals surface area contributed by atoms with Crippen LogP contribution in [0, 0.1) is 5.41 Å². The van der Waals surface area contributed by atoms with E-state index in [1.807, 2.05) is 4.90 Å². The van der Waals surface area contributed by atoms with Gasteiger partial charge in [-0.2, -0.15) is 5.10 Å². The van der Waals surface area contributed by atoms with Gasteiger partial charge in [0.2, 0.25) is 5.82 Å². The van der Waals surface area contributed by atoms with Crippen molar-refractivity contribution >= 4 is 5.91 Å². The van der Waals surface area contributed by atoms with Crippen LogP contribution in [0.3, 0.4) is 0 Å². The number of aromatic amines is 1. The molecule has 0 unspecified atom stereocenters.